The van der Waals surface area contributed by atoms with Crippen LogP contribution in [0.4, 0.5) is 11.4 Å². The van der Waals surface area contributed by atoms with Gasteiger partial charge in [0.1, 0.15) is 0 Å². The van der Waals surface area contributed by atoms with E-state index in [0.717, 1.165) is 12.8 Å². The Morgan fingerprint density at radius 2 is 0.967 bits per heavy atom. The van der Waals surface area contributed by atoms with E-state index in [1.54, 1.807) is 48.5 Å². The monoisotopic (exact) mass is 404 g/mol. The summed E-state index contributed by atoms with van der Waals surface area (Å²) in [5.41, 5.74) is 2.66. The predicted molar refractivity (Wildman–Crippen MR) is 117 cm³/mol. The van der Waals surface area contributed by atoms with Gasteiger partial charge in [-0.1, -0.05) is 27.7 Å². The third-order valence-corrected chi connectivity index (χ3v) is 6.49. The number of nitrogens with one attached hydrogen (secondary N) is 2. The molecule has 2 atom stereocenters. The summed E-state index contributed by atoms with van der Waals surface area (Å²) in [5, 5.41) is 5.84. The van der Waals surface area contributed by atoms with E-state index in [2.05, 4.69) is 38.3 Å². The fraction of sp³-hybridized carbons (Fsp3) is 0.400. The summed E-state index contributed by atoms with van der Waals surface area (Å²) in [6, 6.07) is 13.9. The zero-order valence-corrected chi connectivity index (χ0v) is 17.9. The van der Waals surface area contributed by atoms with Crippen molar-refractivity contribution in [3.8, 4) is 0 Å². The van der Waals surface area contributed by atoms with Gasteiger partial charge in [-0.15, -0.1) is 0 Å². The molecule has 5 nitrogen and oxygen atoms in total. The molecule has 0 aliphatic heterocycles. The Bertz CT molecular complexity index is 922. The summed E-state index contributed by atoms with van der Waals surface area (Å²) in [7, 11) is 0. The van der Waals surface area contributed by atoms with Gasteiger partial charge in [0.25, 0.3) is 0 Å². The van der Waals surface area contributed by atoms with E-state index >= 15 is 0 Å². The van der Waals surface area contributed by atoms with E-state index in [1.165, 1.54) is 0 Å². The third kappa shape index (κ3) is 4.16. The number of hydrogen-bond acceptors (Lipinski definition) is 3. The highest BCUT2D eigenvalue weighted by Crippen LogP contribution is 2.52. The number of rotatable bonds is 6. The predicted octanol–water partition coefficient (Wildman–Crippen LogP) is 4.89. The van der Waals surface area contributed by atoms with Crippen molar-refractivity contribution in [3.05, 3.63) is 59.7 Å². The highest BCUT2D eigenvalue weighted by atomic mass is 16.2. The molecule has 2 N–H and O–H groups in total. The van der Waals surface area contributed by atoms with Crippen LogP contribution in [0, 0.1) is 22.7 Å². The zero-order chi connectivity index (χ0) is 21.7. The van der Waals surface area contributed by atoms with Crippen LogP contribution in [0.3, 0.4) is 0 Å². The standard InChI is InChI=1S/C25H28N2O3/c1-24(2)13-19(24)22(29)26-17-9-5-15(6-10-17)21(28)16-7-11-18(12-8-16)27-23(30)20-14-25(20,3)4/h5-12,19-20H,13-14H2,1-4H3,(H,26,29)(H,27,30). The van der Waals surface area contributed by atoms with E-state index in [4.69, 9.17) is 0 Å². The first-order valence-electron chi connectivity index (χ1n) is 10.4. The Labute approximate surface area is 177 Å². The number of ketones is 1. The van der Waals surface area contributed by atoms with Crippen molar-refractivity contribution >= 4 is 29.0 Å². The van der Waals surface area contributed by atoms with Gasteiger partial charge in [0, 0.05) is 34.3 Å². The van der Waals surface area contributed by atoms with Crippen molar-refractivity contribution < 1.29 is 14.4 Å². The van der Waals surface area contributed by atoms with Gasteiger partial charge in [-0.05, 0) is 72.2 Å². The van der Waals surface area contributed by atoms with Gasteiger partial charge in [-0.3, -0.25) is 14.4 Å². The van der Waals surface area contributed by atoms with Crippen LogP contribution in [-0.4, -0.2) is 17.6 Å². The summed E-state index contributed by atoms with van der Waals surface area (Å²) >= 11 is 0. The number of amides is 2. The molecule has 5 heteroatoms. The smallest absolute Gasteiger partial charge is 0.228 e. The van der Waals surface area contributed by atoms with Crippen LogP contribution in [0.5, 0.6) is 0 Å². The Kier molecular flexibility index (Phi) is 4.80. The summed E-state index contributed by atoms with van der Waals surface area (Å²) in [4.78, 5) is 37.2. The quantitative estimate of drug-likeness (QED) is 0.673. The maximum atomic E-state index is 12.7. The summed E-state index contributed by atoms with van der Waals surface area (Å²) in [6.45, 7) is 8.34. The minimum absolute atomic E-state index is 0.0336. The highest BCUT2D eigenvalue weighted by Gasteiger charge is 2.51. The van der Waals surface area contributed by atoms with Crippen molar-refractivity contribution in [2.75, 3.05) is 10.6 Å². The van der Waals surface area contributed by atoms with Crippen LogP contribution >= 0.6 is 0 Å². The molecule has 2 aromatic rings. The molecule has 2 aliphatic rings. The molecule has 4 rings (SSSR count). The van der Waals surface area contributed by atoms with Crippen LogP contribution in [0.15, 0.2) is 48.5 Å². The molecule has 0 aromatic heterocycles. The molecule has 156 valence electrons. The van der Waals surface area contributed by atoms with E-state index in [0.29, 0.717) is 22.5 Å². The van der Waals surface area contributed by atoms with E-state index in [9.17, 15) is 14.4 Å². The van der Waals surface area contributed by atoms with Crippen LogP contribution in [0.2, 0.25) is 0 Å². The minimum atomic E-state index is -0.0996. The first-order valence-corrected chi connectivity index (χ1v) is 10.4. The summed E-state index contributed by atoms with van der Waals surface area (Å²) < 4.78 is 0. The Hall–Kier alpha value is -2.95. The lowest BCUT2D eigenvalue weighted by Crippen LogP contribution is -2.16. The molecular weight excluding hydrogens is 376 g/mol. The van der Waals surface area contributed by atoms with E-state index in [-0.39, 0.29) is 40.3 Å². The SMILES string of the molecule is CC1(C)CC1C(=O)Nc1ccc(C(=O)c2ccc(NC(=O)C3CC3(C)C)cc2)cc1. The number of anilines is 2. The van der Waals surface area contributed by atoms with Crippen LogP contribution < -0.4 is 10.6 Å². The molecule has 2 aromatic carbocycles. The van der Waals surface area contributed by atoms with Gasteiger partial charge in [-0.2, -0.15) is 0 Å². The topological polar surface area (TPSA) is 75.3 Å². The van der Waals surface area contributed by atoms with Gasteiger partial charge in [0.05, 0.1) is 0 Å². The summed E-state index contributed by atoms with van der Waals surface area (Å²) in [6.07, 6.45) is 1.81. The molecule has 2 aliphatic carbocycles. The van der Waals surface area contributed by atoms with E-state index in [1.807, 2.05) is 0 Å². The Morgan fingerprint density at radius 1 is 0.667 bits per heavy atom. The van der Waals surface area contributed by atoms with Crippen LogP contribution in [0.25, 0.3) is 0 Å². The lowest BCUT2D eigenvalue weighted by atomic mass is 10.0. The third-order valence-electron chi connectivity index (χ3n) is 6.49. The van der Waals surface area contributed by atoms with Gasteiger partial charge >= 0.3 is 0 Å². The number of benzene rings is 2. The number of hydrogen-bond donors (Lipinski definition) is 2. The molecule has 0 saturated heterocycles. The molecule has 0 spiro atoms. The van der Waals surface area contributed by atoms with Crippen molar-refractivity contribution in [3.63, 3.8) is 0 Å². The van der Waals surface area contributed by atoms with Gasteiger partial charge in [0.2, 0.25) is 11.8 Å². The second-order valence-electron chi connectivity index (χ2n) is 9.95. The first kappa shape index (κ1) is 20.3. The van der Waals surface area contributed by atoms with Gasteiger partial charge in [0.15, 0.2) is 5.78 Å². The molecular formula is C25H28N2O3. The zero-order valence-electron chi connectivity index (χ0n) is 17.9. The van der Waals surface area contributed by atoms with Gasteiger partial charge < -0.3 is 10.6 Å². The van der Waals surface area contributed by atoms with E-state index < -0.39 is 0 Å². The lowest BCUT2D eigenvalue weighted by Gasteiger charge is -2.09. The number of carbonyl (C=O) groups excluding carboxylic acids is 3. The average molecular weight is 405 g/mol. The number of carbonyl (C=O) groups is 3. The normalized spacial score (nSPS) is 22.7. The molecule has 2 fully saturated rings. The van der Waals surface area contributed by atoms with Crippen LogP contribution in [0.1, 0.15) is 56.5 Å². The fourth-order valence-corrected chi connectivity index (χ4v) is 3.86. The molecule has 0 bridgehead atoms. The van der Waals surface area contributed by atoms with Crippen molar-refractivity contribution in [2.24, 2.45) is 22.7 Å². The van der Waals surface area contributed by atoms with Gasteiger partial charge in [-0.25, -0.2) is 0 Å². The average Bonchev–Trinajstić information content (AvgIpc) is 3.55. The molecule has 2 saturated carbocycles. The van der Waals surface area contributed by atoms with Crippen molar-refractivity contribution in [2.45, 2.75) is 40.5 Å². The van der Waals surface area contributed by atoms with Crippen LogP contribution in [-0.2, 0) is 9.59 Å². The lowest BCUT2D eigenvalue weighted by molar-refractivity contribution is -0.118. The second-order valence-corrected chi connectivity index (χ2v) is 9.95. The van der Waals surface area contributed by atoms with Crippen molar-refractivity contribution in [1.82, 2.24) is 0 Å². The first-order chi connectivity index (χ1) is 14.1. The Morgan fingerprint density at radius 3 is 1.23 bits per heavy atom. The molecule has 0 radical (unpaired) electrons. The largest absolute Gasteiger partial charge is 0.326 e. The second kappa shape index (κ2) is 7.08. The molecule has 2 unspecified atom stereocenters. The Balaban J connectivity index is 1.36. The summed E-state index contributed by atoms with van der Waals surface area (Å²) in [5.74, 6) is 0.0857. The highest BCUT2D eigenvalue weighted by molar-refractivity contribution is 6.09. The fourth-order valence-electron chi connectivity index (χ4n) is 3.86. The maximum absolute atomic E-state index is 12.7. The molecule has 2 amide bonds. The maximum Gasteiger partial charge on any atom is 0.228 e. The minimum Gasteiger partial charge on any atom is -0.326 e. The van der Waals surface area contributed by atoms with Crippen molar-refractivity contribution in [1.29, 1.82) is 0 Å². The molecule has 0 heterocycles. The molecule has 30 heavy (non-hydrogen) atoms.